The van der Waals surface area contributed by atoms with Crippen LogP contribution >= 0.6 is 11.8 Å². The van der Waals surface area contributed by atoms with E-state index in [1.54, 1.807) is 0 Å². The molecule has 2 heterocycles. The minimum Gasteiger partial charge on any atom is -0.466 e. The van der Waals surface area contributed by atoms with Crippen LogP contribution in [0.5, 0.6) is 5.88 Å². The van der Waals surface area contributed by atoms with Crippen LogP contribution in [0.4, 0.5) is 5.82 Å². The summed E-state index contributed by atoms with van der Waals surface area (Å²) >= 11 is 1.46. The van der Waals surface area contributed by atoms with Gasteiger partial charge in [0.15, 0.2) is 5.16 Å². The average Bonchev–Trinajstić information content (AvgIpc) is 3.46. The summed E-state index contributed by atoms with van der Waals surface area (Å²) in [5.74, 6) is 0.942. The average molecular weight is 381 g/mol. The molecule has 3 rings (SSSR count). The normalized spacial score (nSPS) is 19.3. The largest absolute Gasteiger partial charge is 0.466 e. The number of thioether (sulfide) groups is 1. The quantitative estimate of drug-likeness (QED) is 0.387. The smallest absolute Gasteiger partial charge is 0.350 e. The number of rotatable bonds is 8. The molecule has 0 amide bonds. The van der Waals surface area contributed by atoms with Gasteiger partial charge >= 0.3 is 5.97 Å². The minimum absolute atomic E-state index is 0.331. The molecule has 1 aliphatic heterocycles. The van der Waals surface area contributed by atoms with E-state index in [9.17, 15) is 4.79 Å². The van der Waals surface area contributed by atoms with Crippen LogP contribution in [0.15, 0.2) is 11.2 Å². The lowest BCUT2D eigenvalue weighted by Gasteiger charge is -2.33. The molecule has 1 aromatic rings. The number of hydrogen-bond acceptors (Lipinski definition) is 8. The van der Waals surface area contributed by atoms with Crippen molar-refractivity contribution in [3.8, 4) is 5.88 Å². The predicted octanol–water partition coefficient (Wildman–Crippen LogP) is 2.68. The molecule has 26 heavy (non-hydrogen) atoms. The molecule has 2 aliphatic rings. The van der Waals surface area contributed by atoms with E-state index in [0.717, 1.165) is 44.8 Å². The molecule has 0 aromatic carbocycles. The van der Waals surface area contributed by atoms with Crippen LogP contribution in [0.3, 0.4) is 0 Å². The van der Waals surface area contributed by atoms with Crippen molar-refractivity contribution in [1.29, 1.82) is 0 Å². The fourth-order valence-electron chi connectivity index (χ4n) is 3.08. The first-order valence-corrected chi connectivity index (χ1v) is 10.4. The molecule has 144 valence electrons. The number of aromatic nitrogens is 2. The Bertz CT molecular complexity index is 631. The van der Waals surface area contributed by atoms with Crippen molar-refractivity contribution in [2.75, 3.05) is 38.0 Å². The highest BCUT2D eigenvalue weighted by Gasteiger charge is 2.54. The number of piperidine rings is 1. The highest BCUT2D eigenvalue weighted by molar-refractivity contribution is 7.98. The molecular formula is C18H27N3O4S. The van der Waals surface area contributed by atoms with Crippen molar-refractivity contribution in [3.63, 3.8) is 0 Å². The third kappa shape index (κ3) is 4.40. The molecule has 7 nitrogen and oxygen atoms in total. The van der Waals surface area contributed by atoms with Gasteiger partial charge in [0.2, 0.25) is 11.5 Å². The summed E-state index contributed by atoms with van der Waals surface area (Å²) in [6.07, 6.45) is 6.61. The number of esters is 1. The molecule has 0 radical (unpaired) electrons. The van der Waals surface area contributed by atoms with Crippen molar-refractivity contribution in [3.05, 3.63) is 6.07 Å². The van der Waals surface area contributed by atoms with Crippen LogP contribution in [-0.4, -0.2) is 60.7 Å². The fourth-order valence-corrected chi connectivity index (χ4v) is 3.45. The number of carbonyl (C=O) groups is 1. The maximum atomic E-state index is 11.9. The Labute approximate surface area is 158 Å². The Kier molecular flexibility index (Phi) is 6.24. The van der Waals surface area contributed by atoms with Gasteiger partial charge in [-0.1, -0.05) is 18.7 Å². The zero-order valence-corrected chi connectivity index (χ0v) is 16.5. The Morgan fingerprint density at radius 2 is 2.08 bits per heavy atom. The molecule has 8 heteroatoms. The van der Waals surface area contributed by atoms with Crippen LogP contribution in [-0.2, 0) is 14.3 Å². The summed E-state index contributed by atoms with van der Waals surface area (Å²) in [7, 11) is 1.38. The number of carbonyl (C=O) groups excluding carboxylic acids is 1. The van der Waals surface area contributed by atoms with E-state index in [4.69, 9.17) is 14.2 Å². The molecule has 0 spiro atoms. The number of ether oxygens (including phenoxy) is 3. The van der Waals surface area contributed by atoms with Gasteiger partial charge < -0.3 is 19.1 Å². The zero-order valence-electron chi connectivity index (χ0n) is 15.7. The maximum Gasteiger partial charge on any atom is 0.350 e. The van der Waals surface area contributed by atoms with Crippen molar-refractivity contribution >= 4 is 23.5 Å². The first-order valence-electron chi connectivity index (χ1n) is 9.17. The van der Waals surface area contributed by atoms with E-state index < -0.39 is 5.60 Å². The van der Waals surface area contributed by atoms with Crippen molar-refractivity contribution in [2.24, 2.45) is 0 Å². The van der Waals surface area contributed by atoms with E-state index in [-0.39, 0.29) is 5.97 Å². The Balaban J connectivity index is 1.69. The summed E-state index contributed by atoms with van der Waals surface area (Å²) in [4.78, 5) is 23.2. The highest BCUT2D eigenvalue weighted by Crippen LogP contribution is 2.41. The standard InChI is InChI=1S/C18H27N3O4S/c1-4-11-24-13-5-9-21(10-6-13)14-12-15(20-17(19-14)26-3)25-18(7-8-18)16(22)23-2/h12-13H,4-11H2,1-3H3. The van der Waals surface area contributed by atoms with Crippen LogP contribution < -0.4 is 9.64 Å². The lowest BCUT2D eigenvalue weighted by molar-refractivity contribution is -0.151. The monoisotopic (exact) mass is 381 g/mol. The van der Waals surface area contributed by atoms with Crippen molar-refractivity contribution in [2.45, 2.75) is 55.9 Å². The van der Waals surface area contributed by atoms with Crippen molar-refractivity contribution in [1.82, 2.24) is 9.97 Å². The van der Waals surface area contributed by atoms with Crippen LogP contribution in [0.2, 0.25) is 0 Å². The second kappa shape index (κ2) is 8.43. The maximum absolute atomic E-state index is 11.9. The molecule has 2 fully saturated rings. The summed E-state index contributed by atoms with van der Waals surface area (Å²) in [6, 6.07) is 1.83. The fraction of sp³-hybridized carbons (Fsp3) is 0.722. The minimum atomic E-state index is -0.864. The first-order chi connectivity index (χ1) is 12.6. The Hall–Kier alpha value is -1.54. The summed E-state index contributed by atoms with van der Waals surface area (Å²) in [5.41, 5.74) is -0.864. The summed E-state index contributed by atoms with van der Waals surface area (Å²) in [5, 5.41) is 0.641. The van der Waals surface area contributed by atoms with Gasteiger partial charge in [0.1, 0.15) is 5.82 Å². The van der Waals surface area contributed by atoms with Gasteiger partial charge in [-0.15, -0.1) is 0 Å². The second-order valence-electron chi connectivity index (χ2n) is 6.70. The SMILES string of the molecule is CCCOC1CCN(c2cc(OC3(C(=O)OC)CC3)nc(SC)n2)CC1. The third-order valence-electron chi connectivity index (χ3n) is 4.74. The highest BCUT2D eigenvalue weighted by atomic mass is 32.2. The lowest BCUT2D eigenvalue weighted by atomic mass is 10.1. The van der Waals surface area contributed by atoms with Gasteiger partial charge in [-0.25, -0.2) is 9.78 Å². The van der Waals surface area contributed by atoms with Gasteiger partial charge in [0.05, 0.1) is 13.2 Å². The van der Waals surface area contributed by atoms with Gasteiger partial charge in [-0.2, -0.15) is 4.98 Å². The Morgan fingerprint density at radius 1 is 1.35 bits per heavy atom. The van der Waals surface area contributed by atoms with E-state index in [1.807, 2.05) is 12.3 Å². The second-order valence-corrected chi connectivity index (χ2v) is 7.47. The molecule has 0 bridgehead atoms. The van der Waals surface area contributed by atoms with Gasteiger partial charge in [0, 0.05) is 38.6 Å². The van der Waals surface area contributed by atoms with E-state index in [2.05, 4.69) is 21.8 Å². The number of hydrogen-bond donors (Lipinski definition) is 0. The zero-order chi connectivity index (χ0) is 18.6. The van der Waals surface area contributed by atoms with E-state index in [0.29, 0.717) is 30.0 Å². The van der Waals surface area contributed by atoms with E-state index in [1.165, 1.54) is 18.9 Å². The molecule has 1 saturated carbocycles. The molecule has 1 aliphatic carbocycles. The third-order valence-corrected chi connectivity index (χ3v) is 5.28. The first kappa shape index (κ1) is 19.2. The molecule has 0 unspecified atom stereocenters. The van der Waals surface area contributed by atoms with Crippen LogP contribution in [0.1, 0.15) is 39.0 Å². The summed E-state index contributed by atoms with van der Waals surface area (Å²) < 4.78 is 16.6. The van der Waals surface area contributed by atoms with Crippen molar-refractivity contribution < 1.29 is 19.0 Å². The topological polar surface area (TPSA) is 73.8 Å². The molecule has 1 aromatic heterocycles. The number of nitrogens with zero attached hydrogens (tertiary/aromatic N) is 3. The lowest BCUT2D eigenvalue weighted by Crippen LogP contribution is -2.38. The summed E-state index contributed by atoms with van der Waals surface area (Å²) in [6.45, 7) is 4.73. The molecule has 1 saturated heterocycles. The molecule has 0 atom stereocenters. The van der Waals surface area contributed by atoms with Crippen LogP contribution in [0.25, 0.3) is 0 Å². The number of methoxy groups -OCH3 is 1. The molecule has 0 N–H and O–H groups in total. The van der Waals surface area contributed by atoms with Gasteiger partial charge in [0.25, 0.3) is 0 Å². The number of anilines is 1. The molecular weight excluding hydrogens is 354 g/mol. The van der Waals surface area contributed by atoms with Gasteiger partial charge in [-0.3, -0.25) is 0 Å². The van der Waals surface area contributed by atoms with E-state index >= 15 is 0 Å². The van der Waals surface area contributed by atoms with Crippen LogP contribution in [0, 0.1) is 0 Å². The Morgan fingerprint density at radius 3 is 2.65 bits per heavy atom. The van der Waals surface area contributed by atoms with Gasteiger partial charge in [-0.05, 0) is 25.5 Å². The predicted molar refractivity (Wildman–Crippen MR) is 99.9 cm³/mol.